The van der Waals surface area contributed by atoms with E-state index in [1.54, 1.807) is 0 Å². The van der Waals surface area contributed by atoms with Gasteiger partial charge in [-0.1, -0.05) is 56.6 Å². The first kappa shape index (κ1) is 15.8. The molecule has 0 aliphatic rings. The van der Waals surface area contributed by atoms with E-state index in [0.29, 0.717) is 5.15 Å². The van der Waals surface area contributed by atoms with Crippen LogP contribution in [0.15, 0.2) is 30.3 Å². The van der Waals surface area contributed by atoms with Crippen LogP contribution in [0.5, 0.6) is 0 Å². The van der Waals surface area contributed by atoms with E-state index in [1.807, 2.05) is 13.1 Å². The fourth-order valence-electron chi connectivity index (χ4n) is 2.06. The number of benzene rings is 1. The van der Waals surface area contributed by atoms with E-state index < -0.39 is 0 Å². The number of nitrogens with zero attached hydrogens (tertiary/aromatic N) is 3. The molecule has 0 aliphatic heterocycles. The van der Waals surface area contributed by atoms with Crippen molar-refractivity contribution < 1.29 is 0 Å². The first-order valence-corrected chi connectivity index (χ1v) is 7.46. The van der Waals surface area contributed by atoms with Crippen LogP contribution in [0, 0.1) is 6.92 Å². The second-order valence-corrected chi connectivity index (χ2v) is 6.79. The minimum Gasteiger partial charge on any atom is -0.355 e. The molecule has 0 bridgehead atoms. The Balaban J connectivity index is 2.29. The van der Waals surface area contributed by atoms with Crippen LogP contribution in [0.4, 0.5) is 5.82 Å². The number of aromatic nitrogens is 2. The number of hydrogen-bond donors (Lipinski definition) is 0. The van der Waals surface area contributed by atoms with E-state index in [1.165, 1.54) is 11.1 Å². The van der Waals surface area contributed by atoms with Crippen molar-refractivity contribution in [2.24, 2.45) is 0 Å². The van der Waals surface area contributed by atoms with E-state index in [2.05, 4.69) is 66.8 Å². The minimum absolute atomic E-state index is 0.122. The second kappa shape index (κ2) is 6.02. The van der Waals surface area contributed by atoms with Crippen LogP contribution in [0.1, 0.15) is 37.7 Å². The summed E-state index contributed by atoms with van der Waals surface area (Å²) in [4.78, 5) is 11.1. The highest BCUT2D eigenvalue weighted by Crippen LogP contribution is 2.24. The summed E-state index contributed by atoms with van der Waals surface area (Å²) < 4.78 is 0. The standard InChI is InChI=1S/C17H22ClN3/c1-12-8-6-7-9-13(12)11-21(5)15-10-14(18)19-16(20-15)17(2,3)4/h6-10H,11H2,1-5H3. The van der Waals surface area contributed by atoms with Gasteiger partial charge in [0.1, 0.15) is 16.8 Å². The number of aryl methyl sites for hydroxylation is 1. The lowest BCUT2D eigenvalue weighted by atomic mass is 9.96. The van der Waals surface area contributed by atoms with Crippen molar-refractivity contribution >= 4 is 17.4 Å². The molecule has 0 spiro atoms. The van der Waals surface area contributed by atoms with E-state index in [0.717, 1.165) is 18.2 Å². The van der Waals surface area contributed by atoms with Crippen molar-refractivity contribution in [3.05, 3.63) is 52.4 Å². The molecule has 0 unspecified atom stereocenters. The Kier molecular flexibility index (Phi) is 4.52. The Morgan fingerprint density at radius 2 is 1.81 bits per heavy atom. The van der Waals surface area contributed by atoms with Crippen LogP contribution in [0.25, 0.3) is 0 Å². The van der Waals surface area contributed by atoms with Crippen molar-refractivity contribution in [3.63, 3.8) is 0 Å². The summed E-state index contributed by atoms with van der Waals surface area (Å²) in [7, 11) is 2.03. The summed E-state index contributed by atoms with van der Waals surface area (Å²) in [5.74, 6) is 1.62. The highest BCUT2D eigenvalue weighted by atomic mass is 35.5. The third-order valence-corrected chi connectivity index (χ3v) is 3.61. The smallest absolute Gasteiger partial charge is 0.137 e. The summed E-state index contributed by atoms with van der Waals surface area (Å²) in [5.41, 5.74) is 2.44. The van der Waals surface area contributed by atoms with Gasteiger partial charge < -0.3 is 4.90 Å². The normalized spacial score (nSPS) is 11.5. The molecule has 4 heteroatoms. The van der Waals surface area contributed by atoms with Gasteiger partial charge in [0.15, 0.2) is 0 Å². The lowest BCUT2D eigenvalue weighted by Gasteiger charge is -2.23. The summed E-state index contributed by atoms with van der Waals surface area (Å²) in [6.45, 7) is 9.18. The summed E-state index contributed by atoms with van der Waals surface area (Å²) in [6, 6.07) is 10.2. The zero-order valence-electron chi connectivity index (χ0n) is 13.3. The molecule has 21 heavy (non-hydrogen) atoms. The van der Waals surface area contributed by atoms with Crippen LogP contribution >= 0.6 is 11.6 Å². The van der Waals surface area contributed by atoms with Crippen LogP contribution < -0.4 is 4.90 Å². The molecule has 1 heterocycles. The van der Waals surface area contributed by atoms with Gasteiger partial charge in [-0.25, -0.2) is 9.97 Å². The maximum absolute atomic E-state index is 6.16. The molecule has 3 nitrogen and oxygen atoms in total. The Labute approximate surface area is 132 Å². The SMILES string of the molecule is Cc1ccccc1CN(C)c1cc(Cl)nc(C(C)(C)C)n1. The lowest BCUT2D eigenvalue weighted by Crippen LogP contribution is -2.22. The fraction of sp³-hybridized carbons (Fsp3) is 0.412. The maximum atomic E-state index is 6.16. The summed E-state index contributed by atoms with van der Waals surface area (Å²) in [5, 5.41) is 0.488. The van der Waals surface area contributed by atoms with Crippen molar-refractivity contribution in [2.75, 3.05) is 11.9 Å². The first-order chi connectivity index (χ1) is 9.77. The number of rotatable bonds is 3. The summed E-state index contributed by atoms with van der Waals surface area (Å²) >= 11 is 6.16. The second-order valence-electron chi connectivity index (χ2n) is 6.41. The van der Waals surface area contributed by atoms with E-state index in [-0.39, 0.29) is 5.41 Å². The van der Waals surface area contributed by atoms with Gasteiger partial charge in [-0.15, -0.1) is 0 Å². The topological polar surface area (TPSA) is 29.0 Å². The molecule has 1 aromatic carbocycles. The molecule has 0 radical (unpaired) electrons. The number of anilines is 1. The minimum atomic E-state index is -0.122. The van der Waals surface area contributed by atoms with Crippen LogP contribution in [-0.4, -0.2) is 17.0 Å². The monoisotopic (exact) mass is 303 g/mol. The largest absolute Gasteiger partial charge is 0.355 e. The van der Waals surface area contributed by atoms with Crippen LogP contribution in [0.2, 0.25) is 5.15 Å². The third kappa shape index (κ3) is 3.94. The zero-order chi connectivity index (χ0) is 15.6. The Bertz CT molecular complexity index is 632. The highest BCUT2D eigenvalue weighted by Gasteiger charge is 2.20. The van der Waals surface area contributed by atoms with Gasteiger partial charge >= 0.3 is 0 Å². The molecular weight excluding hydrogens is 282 g/mol. The van der Waals surface area contributed by atoms with E-state index >= 15 is 0 Å². The quantitative estimate of drug-likeness (QED) is 0.788. The van der Waals surface area contributed by atoms with Crippen LogP contribution in [-0.2, 0) is 12.0 Å². The van der Waals surface area contributed by atoms with Gasteiger partial charge in [-0.05, 0) is 18.1 Å². The number of halogens is 1. The van der Waals surface area contributed by atoms with Crippen molar-refractivity contribution in [3.8, 4) is 0 Å². The molecular formula is C17H22ClN3. The third-order valence-electron chi connectivity index (χ3n) is 3.41. The molecule has 112 valence electrons. The Morgan fingerprint density at radius 3 is 2.43 bits per heavy atom. The predicted octanol–water partition coefficient (Wildman–Crippen LogP) is 4.37. The Morgan fingerprint density at radius 1 is 1.14 bits per heavy atom. The molecule has 2 rings (SSSR count). The van der Waals surface area contributed by atoms with E-state index in [9.17, 15) is 0 Å². The predicted molar refractivity (Wildman–Crippen MR) is 89.0 cm³/mol. The van der Waals surface area contributed by atoms with Gasteiger partial charge in [-0.3, -0.25) is 0 Å². The van der Waals surface area contributed by atoms with Gasteiger partial charge in [0.25, 0.3) is 0 Å². The highest BCUT2D eigenvalue weighted by molar-refractivity contribution is 6.29. The molecule has 0 fully saturated rings. The maximum Gasteiger partial charge on any atom is 0.137 e. The molecule has 0 atom stereocenters. The summed E-state index contributed by atoms with van der Waals surface area (Å²) in [6.07, 6.45) is 0. The molecule has 0 amide bonds. The number of hydrogen-bond acceptors (Lipinski definition) is 3. The molecule has 0 saturated carbocycles. The Hall–Kier alpha value is -1.61. The van der Waals surface area contributed by atoms with Crippen molar-refractivity contribution in [2.45, 2.75) is 39.7 Å². The van der Waals surface area contributed by atoms with Crippen LogP contribution in [0.3, 0.4) is 0 Å². The molecule has 1 aromatic heterocycles. The van der Waals surface area contributed by atoms with Gasteiger partial charge in [-0.2, -0.15) is 0 Å². The van der Waals surface area contributed by atoms with Crippen molar-refractivity contribution in [1.29, 1.82) is 0 Å². The van der Waals surface area contributed by atoms with Gasteiger partial charge in [0.2, 0.25) is 0 Å². The fourth-order valence-corrected chi connectivity index (χ4v) is 2.24. The van der Waals surface area contributed by atoms with Crippen molar-refractivity contribution in [1.82, 2.24) is 9.97 Å². The van der Waals surface area contributed by atoms with E-state index in [4.69, 9.17) is 11.6 Å². The molecule has 0 saturated heterocycles. The lowest BCUT2D eigenvalue weighted by molar-refractivity contribution is 0.544. The average molecular weight is 304 g/mol. The average Bonchev–Trinajstić information content (AvgIpc) is 2.39. The van der Waals surface area contributed by atoms with Gasteiger partial charge in [0, 0.05) is 25.1 Å². The molecule has 2 aromatic rings. The zero-order valence-corrected chi connectivity index (χ0v) is 14.1. The van der Waals surface area contributed by atoms with Gasteiger partial charge in [0.05, 0.1) is 0 Å². The molecule has 0 N–H and O–H groups in total. The first-order valence-electron chi connectivity index (χ1n) is 7.08. The molecule has 0 aliphatic carbocycles.